The number of benzene rings is 1. The summed E-state index contributed by atoms with van der Waals surface area (Å²) in [6.45, 7) is 0. The molecule has 0 bridgehead atoms. The van der Waals surface area contributed by atoms with Crippen LogP contribution in [-0.2, 0) is 0 Å². The molecule has 0 aliphatic rings. The van der Waals surface area contributed by atoms with E-state index in [1.54, 1.807) is 12.1 Å². The maximum Gasteiger partial charge on any atom is 0.147 e. The van der Waals surface area contributed by atoms with Gasteiger partial charge >= 0.3 is 0 Å². The quantitative estimate of drug-likeness (QED) is 0.373. The molecular formula is C10H12BrCl2FN2. The molecule has 90 valence electrons. The minimum absolute atomic E-state index is 0.0728. The number of nitrogens with one attached hydrogen (secondary N) is 1. The van der Waals surface area contributed by atoms with E-state index in [0.717, 1.165) is 6.42 Å². The van der Waals surface area contributed by atoms with Gasteiger partial charge in [-0.1, -0.05) is 17.7 Å². The predicted molar refractivity (Wildman–Crippen MR) is 69.1 cm³/mol. The zero-order valence-corrected chi connectivity index (χ0v) is 11.5. The predicted octanol–water partition coefficient (Wildman–Crippen LogP) is 3.77. The van der Waals surface area contributed by atoms with Crippen molar-refractivity contribution in [2.75, 3.05) is 5.88 Å². The molecule has 0 aliphatic carbocycles. The first-order valence-corrected chi connectivity index (χ1v) is 6.47. The monoisotopic (exact) mass is 328 g/mol. The summed E-state index contributed by atoms with van der Waals surface area (Å²) in [6, 6.07) is 3.08. The highest BCUT2D eigenvalue weighted by Crippen LogP contribution is 2.31. The lowest BCUT2D eigenvalue weighted by Gasteiger charge is -2.17. The molecule has 0 aliphatic heterocycles. The smallest absolute Gasteiger partial charge is 0.147 e. The fourth-order valence-corrected chi connectivity index (χ4v) is 2.05. The van der Waals surface area contributed by atoms with Gasteiger partial charge in [0.15, 0.2) is 0 Å². The molecule has 1 atom stereocenters. The van der Waals surface area contributed by atoms with Crippen LogP contribution in [0.25, 0.3) is 0 Å². The first-order valence-electron chi connectivity index (χ1n) is 4.77. The van der Waals surface area contributed by atoms with Crippen molar-refractivity contribution in [3.8, 4) is 0 Å². The van der Waals surface area contributed by atoms with E-state index >= 15 is 0 Å². The number of hydrogen-bond acceptors (Lipinski definition) is 2. The number of alkyl halides is 1. The lowest BCUT2D eigenvalue weighted by Crippen LogP contribution is -2.28. The van der Waals surface area contributed by atoms with Crippen LogP contribution < -0.4 is 11.3 Å². The molecule has 1 unspecified atom stereocenters. The molecule has 16 heavy (non-hydrogen) atoms. The van der Waals surface area contributed by atoms with Crippen LogP contribution in [0.2, 0.25) is 5.02 Å². The number of nitrogens with two attached hydrogens (primary N) is 1. The molecule has 6 heteroatoms. The summed E-state index contributed by atoms with van der Waals surface area (Å²) >= 11 is 14.6. The molecule has 0 spiro atoms. The lowest BCUT2D eigenvalue weighted by molar-refractivity contribution is 0.481. The fourth-order valence-electron chi connectivity index (χ4n) is 1.42. The lowest BCUT2D eigenvalue weighted by atomic mass is 10.0. The van der Waals surface area contributed by atoms with Gasteiger partial charge in [0.1, 0.15) is 5.82 Å². The van der Waals surface area contributed by atoms with Crippen LogP contribution in [0.1, 0.15) is 24.4 Å². The molecule has 2 nitrogen and oxygen atoms in total. The van der Waals surface area contributed by atoms with Crippen molar-refractivity contribution in [1.82, 2.24) is 5.43 Å². The Kier molecular flexibility index (Phi) is 6.00. The Bertz CT molecular complexity index is 363. The second kappa shape index (κ2) is 6.77. The van der Waals surface area contributed by atoms with Gasteiger partial charge in [0, 0.05) is 22.0 Å². The van der Waals surface area contributed by atoms with Gasteiger partial charge in [-0.3, -0.25) is 11.3 Å². The molecule has 0 aromatic heterocycles. The van der Waals surface area contributed by atoms with Gasteiger partial charge in [-0.25, -0.2) is 4.39 Å². The number of hydrazine groups is 1. The van der Waals surface area contributed by atoms with Gasteiger partial charge in [-0.15, -0.1) is 11.6 Å². The molecule has 0 amide bonds. The Hall–Kier alpha value is 0.130. The summed E-state index contributed by atoms with van der Waals surface area (Å²) in [5.41, 5.74) is 3.03. The average molecular weight is 330 g/mol. The van der Waals surface area contributed by atoms with E-state index in [1.165, 1.54) is 0 Å². The van der Waals surface area contributed by atoms with Gasteiger partial charge in [0.2, 0.25) is 0 Å². The second-order valence-electron chi connectivity index (χ2n) is 3.32. The maximum absolute atomic E-state index is 13.8. The third kappa shape index (κ3) is 3.31. The van der Waals surface area contributed by atoms with Crippen molar-refractivity contribution >= 4 is 39.1 Å². The van der Waals surface area contributed by atoms with Crippen LogP contribution in [0.4, 0.5) is 4.39 Å². The van der Waals surface area contributed by atoms with Gasteiger partial charge in [-0.05, 0) is 34.8 Å². The van der Waals surface area contributed by atoms with Gasteiger partial charge < -0.3 is 0 Å². The highest BCUT2D eigenvalue weighted by Gasteiger charge is 2.17. The van der Waals surface area contributed by atoms with Crippen LogP contribution in [0.3, 0.4) is 0 Å². The summed E-state index contributed by atoms with van der Waals surface area (Å²) in [6.07, 6.45) is 1.42. The molecule has 0 radical (unpaired) electrons. The summed E-state index contributed by atoms with van der Waals surface area (Å²) < 4.78 is 14.4. The van der Waals surface area contributed by atoms with E-state index in [-0.39, 0.29) is 11.1 Å². The molecule has 1 aromatic carbocycles. The van der Waals surface area contributed by atoms with Crippen molar-refractivity contribution in [2.24, 2.45) is 5.84 Å². The zero-order chi connectivity index (χ0) is 12.1. The average Bonchev–Trinajstić information content (AvgIpc) is 2.29. The summed E-state index contributed by atoms with van der Waals surface area (Å²) in [5.74, 6) is 5.46. The molecule has 0 fully saturated rings. The van der Waals surface area contributed by atoms with E-state index in [0.29, 0.717) is 22.3 Å². The van der Waals surface area contributed by atoms with E-state index in [1.807, 2.05) is 0 Å². The second-order valence-corrected chi connectivity index (χ2v) is 4.93. The highest BCUT2D eigenvalue weighted by molar-refractivity contribution is 9.10. The van der Waals surface area contributed by atoms with Crippen LogP contribution in [-0.4, -0.2) is 5.88 Å². The largest absolute Gasteiger partial charge is 0.271 e. The standard InChI is InChI=1S/C10H12BrCl2FN2/c11-7-4-3-6(10(14)9(7)13)8(16-15)2-1-5-12/h3-4,8,16H,1-2,5,15H2. The fraction of sp³-hybridized carbons (Fsp3) is 0.400. The van der Waals surface area contributed by atoms with Crippen LogP contribution >= 0.6 is 39.1 Å². The Labute approximate surface area is 112 Å². The SMILES string of the molecule is NNC(CCCCl)c1ccc(Br)c(Cl)c1F. The Morgan fingerprint density at radius 3 is 2.75 bits per heavy atom. The summed E-state index contributed by atoms with van der Waals surface area (Å²) in [4.78, 5) is 0. The Balaban J connectivity index is 2.96. The van der Waals surface area contributed by atoms with E-state index in [2.05, 4.69) is 21.4 Å². The van der Waals surface area contributed by atoms with Crippen molar-refractivity contribution in [3.05, 3.63) is 33.0 Å². The highest BCUT2D eigenvalue weighted by atomic mass is 79.9. The third-order valence-corrected chi connectivity index (χ3v) is 3.79. The Morgan fingerprint density at radius 1 is 1.50 bits per heavy atom. The summed E-state index contributed by atoms with van der Waals surface area (Å²) in [7, 11) is 0. The number of hydrogen-bond donors (Lipinski definition) is 2. The van der Waals surface area contributed by atoms with E-state index in [9.17, 15) is 4.39 Å². The van der Waals surface area contributed by atoms with Crippen LogP contribution in [0.15, 0.2) is 16.6 Å². The van der Waals surface area contributed by atoms with Gasteiger partial charge in [0.05, 0.1) is 5.02 Å². The molecule has 1 rings (SSSR count). The Morgan fingerprint density at radius 2 is 2.19 bits per heavy atom. The topological polar surface area (TPSA) is 38.0 Å². The first-order chi connectivity index (χ1) is 7.61. The van der Waals surface area contributed by atoms with Crippen molar-refractivity contribution in [2.45, 2.75) is 18.9 Å². The number of halogens is 4. The minimum atomic E-state index is -0.450. The van der Waals surface area contributed by atoms with Crippen LogP contribution in [0.5, 0.6) is 0 Å². The maximum atomic E-state index is 13.8. The van der Waals surface area contributed by atoms with E-state index < -0.39 is 5.82 Å². The van der Waals surface area contributed by atoms with Crippen molar-refractivity contribution in [1.29, 1.82) is 0 Å². The number of rotatable bonds is 5. The normalized spacial score (nSPS) is 12.8. The van der Waals surface area contributed by atoms with Gasteiger partial charge in [-0.2, -0.15) is 0 Å². The molecule has 3 N–H and O–H groups in total. The van der Waals surface area contributed by atoms with Crippen molar-refractivity contribution < 1.29 is 4.39 Å². The molecule has 0 heterocycles. The third-order valence-electron chi connectivity index (χ3n) is 2.27. The van der Waals surface area contributed by atoms with Crippen LogP contribution in [0, 0.1) is 5.82 Å². The first kappa shape index (κ1) is 14.2. The van der Waals surface area contributed by atoms with Crippen molar-refractivity contribution in [3.63, 3.8) is 0 Å². The molecule has 0 saturated heterocycles. The van der Waals surface area contributed by atoms with Gasteiger partial charge in [0.25, 0.3) is 0 Å². The minimum Gasteiger partial charge on any atom is -0.271 e. The van der Waals surface area contributed by atoms with E-state index in [4.69, 9.17) is 29.0 Å². The molecule has 0 saturated carbocycles. The summed E-state index contributed by atoms with van der Waals surface area (Å²) in [5, 5.41) is 0.0728. The molecular weight excluding hydrogens is 318 g/mol. The molecule has 1 aromatic rings. The zero-order valence-electron chi connectivity index (χ0n) is 8.44.